The minimum absolute atomic E-state index is 0.897. The summed E-state index contributed by atoms with van der Waals surface area (Å²) in [6.45, 7) is 0. The smallest absolute Gasteiger partial charge is 0.0970 e. The highest BCUT2D eigenvalue weighted by atomic mass is 15.1. The third kappa shape index (κ3) is 4.80. The molecule has 7 aromatic carbocycles. The van der Waals surface area contributed by atoms with E-state index in [4.69, 9.17) is 15.0 Å². The summed E-state index contributed by atoms with van der Waals surface area (Å²) in [6, 6.07) is 60.0. The van der Waals surface area contributed by atoms with Gasteiger partial charge in [-0.15, -0.1) is 0 Å². The molecule has 0 atom stereocenters. The first-order valence-corrected chi connectivity index (χ1v) is 17.2. The summed E-state index contributed by atoms with van der Waals surface area (Å²) in [5, 5.41) is 8.01. The molecule has 0 saturated heterocycles. The van der Waals surface area contributed by atoms with E-state index in [1.54, 1.807) is 0 Å². The average Bonchev–Trinajstić information content (AvgIpc) is 3.21. The van der Waals surface area contributed by atoms with E-state index in [1.165, 1.54) is 16.2 Å². The van der Waals surface area contributed by atoms with Crippen molar-refractivity contribution in [1.82, 2.24) is 15.0 Å². The molecular formula is C47H30N4. The van der Waals surface area contributed by atoms with Crippen molar-refractivity contribution in [2.45, 2.75) is 0 Å². The highest BCUT2D eigenvalue weighted by Gasteiger charge is 2.20. The van der Waals surface area contributed by atoms with Crippen LogP contribution in [0, 0.1) is 0 Å². The monoisotopic (exact) mass is 650 g/mol. The van der Waals surface area contributed by atoms with Gasteiger partial charge in [0.25, 0.3) is 0 Å². The number of aromatic nitrogens is 3. The molecule has 0 aliphatic heterocycles. The number of anilines is 3. The molecule has 0 unspecified atom stereocenters. The molecule has 0 N–H and O–H groups in total. The molecule has 0 saturated carbocycles. The fraction of sp³-hybridized carbons (Fsp3) is 0. The van der Waals surface area contributed by atoms with Crippen molar-refractivity contribution < 1.29 is 0 Å². The highest BCUT2D eigenvalue weighted by molar-refractivity contribution is 6.23. The first kappa shape index (κ1) is 29.0. The van der Waals surface area contributed by atoms with Gasteiger partial charge in [-0.05, 0) is 70.4 Å². The maximum absolute atomic E-state index is 5.57. The van der Waals surface area contributed by atoms with Crippen LogP contribution in [0.25, 0.3) is 76.6 Å². The van der Waals surface area contributed by atoms with E-state index in [2.05, 4.69) is 169 Å². The SMILES string of the molecule is c1ccc(N(c2ccccc2)c2ccc3c(c2)nc(-c2ccccc2-c2ccnc4c2ccc2cccnc24)c2ccc4ccccc4c23)cc1. The van der Waals surface area contributed by atoms with E-state index >= 15 is 0 Å². The Morgan fingerprint density at radius 2 is 1.02 bits per heavy atom. The lowest BCUT2D eigenvalue weighted by Gasteiger charge is -2.26. The van der Waals surface area contributed by atoms with Crippen molar-refractivity contribution in [3.63, 3.8) is 0 Å². The van der Waals surface area contributed by atoms with Gasteiger partial charge in [0.2, 0.25) is 0 Å². The lowest BCUT2D eigenvalue weighted by Crippen LogP contribution is -2.09. The quantitative estimate of drug-likeness (QED) is 0.174. The number of benzene rings is 7. The zero-order valence-corrected chi connectivity index (χ0v) is 27.6. The van der Waals surface area contributed by atoms with Crippen LogP contribution in [0.2, 0.25) is 0 Å². The van der Waals surface area contributed by atoms with Gasteiger partial charge < -0.3 is 4.90 Å². The third-order valence-corrected chi connectivity index (χ3v) is 9.91. The molecule has 0 aliphatic carbocycles. The largest absolute Gasteiger partial charge is 0.310 e. The van der Waals surface area contributed by atoms with E-state index in [-0.39, 0.29) is 0 Å². The minimum atomic E-state index is 0.897. The zero-order chi connectivity index (χ0) is 33.7. The van der Waals surface area contributed by atoms with E-state index in [0.717, 1.165) is 77.5 Å². The molecule has 10 rings (SSSR count). The Labute approximate surface area is 294 Å². The van der Waals surface area contributed by atoms with Crippen molar-refractivity contribution >= 4 is 71.3 Å². The maximum atomic E-state index is 5.57. The van der Waals surface area contributed by atoms with Crippen LogP contribution in [0.1, 0.15) is 0 Å². The van der Waals surface area contributed by atoms with Crippen LogP contribution in [0.5, 0.6) is 0 Å². The zero-order valence-electron chi connectivity index (χ0n) is 27.6. The lowest BCUT2D eigenvalue weighted by molar-refractivity contribution is 1.28. The molecule has 0 spiro atoms. The number of para-hydroxylation sites is 2. The van der Waals surface area contributed by atoms with E-state index in [9.17, 15) is 0 Å². The number of hydrogen-bond acceptors (Lipinski definition) is 4. The van der Waals surface area contributed by atoms with Crippen LogP contribution in [-0.4, -0.2) is 15.0 Å². The van der Waals surface area contributed by atoms with Crippen LogP contribution < -0.4 is 4.90 Å². The summed E-state index contributed by atoms with van der Waals surface area (Å²) < 4.78 is 0. The van der Waals surface area contributed by atoms with Crippen molar-refractivity contribution in [3.8, 4) is 22.4 Å². The molecule has 238 valence electrons. The van der Waals surface area contributed by atoms with Gasteiger partial charge in [0.1, 0.15) is 0 Å². The highest BCUT2D eigenvalue weighted by Crippen LogP contribution is 2.43. The molecule has 0 aliphatic rings. The summed E-state index contributed by atoms with van der Waals surface area (Å²) in [4.78, 5) is 17.4. The van der Waals surface area contributed by atoms with Gasteiger partial charge in [-0.2, -0.15) is 0 Å². The van der Waals surface area contributed by atoms with Gasteiger partial charge in [0, 0.05) is 62.0 Å². The molecule has 0 amide bonds. The van der Waals surface area contributed by atoms with E-state index < -0.39 is 0 Å². The van der Waals surface area contributed by atoms with Crippen LogP contribution in [0.3, 0.4) is 0 Å². The van der Waals surface area contributed by atoms with Crippen molar-refractivity contribution in [2.75, 3.05) is 4.90 Å². The second-order valence-electron chi connectivity index (χ2n) is 12.8. The molecule has 3 aromatic heterocycles. The molecule has 4 nitrogen and oxygen atoms in total. The lowest BCUT2D eigenvalue weighted by atomic mass is 9.90. The van der Waals surface area contributed by atoms with Crippen LogP contribution in [0.15, 0.2) is 182 Å². The Morgan fingerprint density at radius 3 is 1.84 bits per heavy atom. The second-order valence-corrected chi connectivity index (χ2v) is 12.8. The summed E-state index contributed by atoms with van der Waals surface area (Å²) >= 11 is 0. The van der Waals surface area contributed by atoms with Crippen LogP contribution in [-0.2, 0) is 0 Å². The molecular weight excluding hydrogens is 621 g/mol. The maximum Gasteiger partial charge on any atom is 0.0970 e. The fourth-order valence-corrected chi connectivity index (χ4v) is 7.62. The Morgan fingerprint density at radius 1 is 0.373 bits per heavy atom. The Balaban J connectivity index is 1.27. The van der Waals surface area contributed by atoms with Crippen molar-refractivity contribution in [3.05, 3.63) is 182 Å². The van der Waals surface area contributed by atoms with Crippen molar-refractivity contribution in [1.29, 1.82) is 0 Å². The summed E-state index contributed by atoms with van der Waals surface area (Å²) in [5.41, 5.74) is 10.2. The summed E-state index contributed by atoms with van der Waals surface area (Å²) in [7, 11) is 0. The number of hydrogen-bond donors (Lipinski definition) is 0. The number of pyridine rings is 3. The first-order valence-electron chi connectivity index (χ1n) is 17.2. The molecule has 0 bridgehead atoms. The molecule has 10 aromatic rings. The predicted molar refractivity (Wildman–Crippen MR) is 213 cm³/mol. The van der Waals surface area contributed by atoms with Gasteiger partial charge in [0.05, 0.1) is 22.2 Å². The van der Waals surface area contributed by atoms with Gasteiger partial charge in [0.15, 0.2) is 0 Å². The predicted octanol–water partition coefficient (Wildman–Crippen LogP) is 12.4. The third-order valence-electron chi connectivity index (χ3n) is 9.91. The fourth-order valence-electron chi connectivity index (χ4n) is 7.62. The average molecular weight is 651 g/mol. The molecule has 0 radical (unpaired) electrons. The minimum Gasteiger partial charge on any atom is -0.310 e. The van der Waals surface area contributed by atoms with Crippen LogP contribution >= 0.6 is 0 Å². The van der Waals surface area contributed by atoms with E-state index in [0.29, 0.717) is 0 Å². The van der Waals surface area contributed by atoms with Gasteiger partial charge >= 0.3 is 0 Å². The summed E-state index contributed by atoms with van der Waals surface area (Å²) in [6.07, 6.45) is 3.74. The standard InChI is InChI=1S/C47H30N4/c1-3-14-33(15-4-1)51(34-16-5-2-6-17-34)35-23-26-41-43(30-35)50-46(42-25-21-31-12-7-8-18-36(31)44(41)42)39-20-10-9-19-37(39)38-27-29-49-47-40(38)24-22-32-13-11-28-48-45(32)47/h1-30H. The number of nitrogens with zero attached hydrogens (tertiary/aromatic N) is 4. The van der Waals surface area contributed by atoms with Gasteiger partial charge in [-0.3, -0.25) is 9.97 Å². The van der Waals surface area contributed by atoms with Gasteiger partial charge in [-0.1, -0.05) is 121 Å². The first-order chi connectivity index (χ1) is 25.3. The Bertz CT molecular complexity index is 2880. The number of rotatable bonds is 5. The molecule has 3 heterocycles. The van der Waals surface area contributed by atoms with Gasteiger partial charge in [-0.25, -0.2) is 4.98 Å². The topological polar surface area (TPSA) is 41.9 Å². The molecule has 51 heavy (non-hydrogen) atoms. The Kier molecular flexibility index (Phi) is 6.78. The molecule has 4 heteroatoms. The second kappa shape index (κ2) is 11.9. The van der Waals surface area contributed by atoms with E-state index in [1.807, 2.05) is 18.5 Å². The molecule has 0 fully saturated rings. The summed E-state index contributed by atoms with van der Waals surface area (Å²) in [5.74, 6) is 0. The normalized spacial score (nSPS) is 11.5. The van der Waals surface area contributed by atoms with Crippen LogP contribution in [0.4, 0.5) is 17.1 Å². The Hall–Kier alpha value is -6.91. The number of fused-ring (bicyclic) bond motifs is 8. The van der Waals surface area contributed by atoms with Crippen molar-refractivity contribution in [2.24, 2.45) is 0 Å².